The van der Waals surface area contributed by atoms with E-state index in [0.717, 1.165) is 25.3 Å². The molecule has 0 bridgehead atoms. The van der Waals surface area contributed by atoms with Crippen LogP contribution in [0.25, 0.3) is 0 Å². The molecule has 0 aliphatic rings. The van der Waals surface area contributed by atoms with E-state index in [1.54, 1.807) is 0 Å². The molecule has 0 rings (SSSR count). The third kappa shape index (κ3) is 23.4. The second-order valence-electron chi connectivity index (χ2n) is 6.12. The fourth-order valence-corrected chi connectivity index (χ4v) is 2.88. The molecule has 1 atom stereocenters. The summed E-state index contributed by atoms with van der Waals surface area (Å²) in [4.78, 5) is 32.4. The summed E-state index contributed by atoms with van der Waals surface area (Å²) in [6.07, 6.45) is 13.6. The smallest absolute Gasteiger partial charge is 0.790 e. The van der Waals surface area contributed by atoms with Crippen molar-refractivity contribution < 1.29 is 82.8 Å². The van der Waals surface area contributed by atoms with Gasteiger partial charge in [0, 0.05) is 0 Å². The van der Waals surface area contributed by atoms with E-state index in [0.29, 0.717) is 6.42 Å². The maximum Gasteiger partial charge on any atom is 1.00 e. The fraction of sp³-hybridized carbons (Fsp3) is 0.824. The molecule has 0 fully saturated rings. The van der Waals surface area contributed by atoms with Crippen molar-refractivity contribution >= 4 is 13.7 Å². The van der Waals surface area contributed by atoms with E-state index in [2.05, 4.69) is 23.3 Å². The van der Waals surface area contributed by atoms with Crippen molar-refractivity contribution in [2.75, 3.05) is 6.61 Å². The third-order valence-electron chi connectivity index (χ3n) is 3.87. The molecule has 0 radical (unpaired) electrons. The van der Waals surface area contributed by atoms with Gasteiger partial charge in [0.15, 0.2) is 0 Å². The molecule has 9 heteroatoms. The van der Waals surface area contributed by atoms with Crippen molar-refractivity contribution in [3.63, 3.8) is 0 Å². The van der Waals surface area contributed by atoms with Gasteiger partial charge in [-0.1, -0.05) is 77.7 Å². The van der Waals surface area contributed by atoms with Gasteiger partial charge in [-0.3, -0.25) is 4.79 Å². The summed E-state index contributed by atoms with van der Waals surface area (Å²) in [5, 5.41) is 2.59. The first-order valence-electron chi connectivity index (χ1n) is 8.98. The van der Waals surface area contributed by atoms with Gasteiger partial charge < -0.3 is 24.2 Å². The summed E-state index contributed by atoms with van der Waals surface area (Å²) < 4.78 is 14.8. The minimum Gasteiger partial charge on any atom is -0.790 e. The molecule has 0 heterocycles. The van der Waals surface area contributed by atoms with Crippen molar-refractivity contribution in [2.45, 2.75) is 83.6 Å². The van der Waals surface area contributed by atoms with Crippen LogP contribution in [0.2, 0.25) is 0 Å². The molecular weight excluding hydrogens is 375 g/mol. The van der Waals surface area contributed by atoms with E-state index in [1.165, 1.54) is 44.9 Å². The SMILES string of the molecule is C=CC(=O)NC(CCCCCCCCCCCC)COP(=O)([O-])[O-].[Na+].[Na+]. The fourth-order valence-electron chi connectivity index (χ4n) is 2.52. The van der Waals surface area contributed by atoms with Crippen LogP contribution in [0.15, 0.2) is 12.7 Å². The minimum absolute atomic E-state index is 0. The number of unbranched alkanes of at least 4 members (excludes halogenated alkanes) is 9. The number of nitrogens with one attached hydrogen (secondary N) is 1. The van der Waals surface area contributed by atoms with E-state index < -0.39 is 19.8 Å². The van der Waals surface area contributed by atoms with Gasteiger partial charge in [-0.05, 0) is 12.5 Å². The number of phosphoric acid groups is 1. The predicted molar refractivity (Wildman–Crippen MR) is 92.1 cm³/mol. The van der Waals surface area contributed by atoms with Gasteiger partial charge in [0.1, 0.15) is 0 Å². The Morgan fingerprint density at radius 3 is 1.92 bits per heavy atom. The number of phosphoric ester groups is 1. The molecule has 0 aliphatic heterocycles. The average Bonchev–Trinajstić information content (AvgIpc) is 2.53. The third-order valence-corrected chi connectivity index (χ3v) is 4.34. The standard InChI is InChI=1S/C17H34NO5P.2Na/c1-3-5-6-7-8-9-10-11-12-13-14-16(18-17(19)4-2)15-23-24(20,21)22;;/h4,16H,2-3,5-15H2,1H3,(H,18,19)(H2,20,21,22);;/q;2*+1/p-2. The average molecular weight is 407 g/mol. The zero-order valence-electron chi connectivity index (χ0n) is 16.8. The number of hydrogen-bond acceptors (Lipinski definition) is 5. The normalized spacial score (nSPS) is 11.8. The first kappa shape index (κ1) is 32.0. The van der Waals surface area contributed by atoms with Gasteiger partial charge in [-0.2, -0.15) is 0 Å². The van der Waals surface area contributed by atoms with Crippen LogP contribution in [0.1, 0.15) is 77.6 Å². The zero-order valence-corrected chi connectivity index (χ0v) is 21.7. The van der Waals surface area contributed by atoms with Crippen LogP contribution >= 0.6 is 7.82 Å². The van der Waals surface area contributed by atoms with Crippen LogP contribution in [0.4, 0.5) is 0 Å². The molecule has 0 aromatic carbocycles. The van der Waals surface area contributed by atoms with Crippen molar-refractivity contribution in [3.8, 4) is 0 Å². The Morgan fingerprint density at radius 1 is 1.04 bits per heavy atom. The molecule has 0 aromatic rings. The summed E-state index contributed by atoms with van der Waals surface area (Å²) in [7, 11) is -5.01. The van der Waals surface area contributed by atoms with E-state index >= 15 is 0 Å². The van der Waals surface area contributed by atoms with E-state index in [9.17, 15) is 19.1 Å². The van der Waals surface area contributed by atoms with E-state index in [4.69, 9.17) is 0 Å². The van der Waals surface area contributed by atoms with Crippen LogP contribution < -0.4 is 74.2 Å². The Morgan fingerprint density at radius 2 is 1.50 bits per heavy atom. The van der Waals surface area contributed by atoms with Crippen molar-refractivity contribution in [1.82, 2.24) is 5.32 Å². The van der Waals surface area contributed by atoms with Gasteiger partial charge in [-0.25, -0.2) is 0 Å². The summed E-state index contributed by atoms with van der Waals surface area (Å²) in [5.74, 6) is -0.401. The number of rotatable bonds is 16. The Labute approximate surface area is 203 Å². The monoisotopic (exact) mass is 407 g/mol. The second-order valence-corrected chi connectivity index (χ2v) is 7.28. The van der Waals surface area contributed by atoms with Gasteiger partial charge >= 0.3 is 59.1 Å². The molecule has 142 valence electrons. The molecule has 1 N–H and O–H groups in total. The molecule has 6 nitrogen and oxygen atoms in total. The Bertz CT molecular complexity index is 393. The first-order chi connectivity index (χ1) is 11.4. The maximum absolute atomic E-state index is 11.3. The minimum atomic E-state index is -5.01. The van der Waals surface area contributed by atoms with Gasteiger partial charge in [0.05, 0.1) is 20.5 Å². The summed E-state index contributed by atoms with van der Waals surface area (Å²) in [6, 6.07) is -0.485. The first-order valence-corrected chi connectivity index (χ1v) is 10.4. The van der Waals surface area contributed by atoms with Crippen molar-refractivity contribution in [3.05, 3.63) is 12.7 Å². The number of amides is 1. The summed E-state index contributed by atoms with van der Waals surface area (Å²) >= 11 is 0. The molecule has 0 aliphatic carbocycles. The van der Waals surface area contributed by atoms with E-state index in [1.807, 2.05) is 0 Å². The van der Waals surface area contributed by atoms with Crippen LogP contribution in [0.3, 0.4) is 0 Å². The largest absolute Gasteiger partial charge is 1.00 e. The Balaban J connectivity index is -0.00000264. The molecular formula is C17H32NNa2O5P. The maximum atomic E-state index is 11.3. The number of carbonyl (C=O) groups is 1. The molecule has 1 amide bonds. The Kier molecular flexibility index (Phi) is 25.9. The van der Waals surface area contributed by atoms with Crippen molar-refractivity contribution in [1.29, 1.82) is 0 Å². The van der Waals surface area contributed by atoms with Crippen LogP contribution in [0.5, 0.6) is 0 Å². The topological polar surface area (TPSA) is 102 Å². The Hall–Kier alpha value is 1.32. The zero-order chi connectivity index (χ0) is 18.3. The molecule has 0 saturated carbocycles. The molecule has 0 aromatic heterocycles. The van der Waals surface area contributed by atoms with Gasteiger partial charge in [0.2, 0.25) is 5.91 Å². The predicted octanol–water partition coefficient (Wildman–Crippen LogP) is -3.18. The quantitative estimate of drug-likeness (QED) is 0.126. The molecule has 1 unspecified atom stereocenters. The summed E-state index contributed by atoms with van der Waals surface area (Å²) in [6.45, 7) is 5.24. The van der Waals surface area contributed by atoms with Gasteiger partial charge in [0.25, 0.3) is 0 Å². The van der Waals surface area contributed by atoms with E-state index in [-0.39, 0.29) is 65.7 Å². The number of hydrogen-bond donors (Lipinski definition) is 1. The van der Waals surface area contributed by atoms with Crippen LogP contribution in [-0.2, 0) is 13.9 Å². The van der Waals surface area contributed by atoms with Crippen LogP contribution in [0, 0.1) is 0 Å². The summed E-state index contributed by atoms with van der Waals surface area (Å²) in [5.41, 5.74) is 0. The van der Waals surface area contributed by atoms with Crippen LogP contribution in [-0.4, -0.2) is 18.6 Å². The van der Waals surface area contributed by atoms with Crippen molar-refractivity contribution in [2.24, 2.45) is 0 Å². The number of carbonyl (C=O) groups excluding carboxylic acids is 1. The molecule has 0 spiro atoms. The molecule has 26 heavy (non-hydrogen) atoms. The van der Waals surface area contributed by atoms with Gasteiger partial charge in [-0.15, -0.1) is 0 Å². The second kappa shape index (κ2) is 21.0. The molecule has 0 saturated heterocycles.